The second kappa shape index (κ2) is 8.00. The number of hydrogen-bond donors (Lipinski definition) is 0. The summed E-state index contributed by atoms with van der Waals surface area (Å²) in [4.78, 5) is 0. The van der Waals surface area contributed by atoms with Gasteiger partial charge in [0, 0.05) is 12.7 Å². The quantitative estimate of drug-likeness (QED) is 0.346. The topological polar surface area (TPSA) is 27.7 Å². The Bertz CT molecular complexity index is 441. The highest BCUT2D eigenvalue weighted by Gasteiger charge is 2.07. The second-order valence-electron chi connectivity index (χ2n) is 5.19. The molecule has 0 radical (unpaired) electrons. The number of rotatable bonds is 6. The molecule has 0 atom stereocenters. The van der Waals surface area contributed by atoms with Crippen LogP contribution >= 0.6 is 0 Å². The molecule has 3 nitrogen and oxygen atoms in total. The van der Waals surface area contributed by atoms with Crippen LogP contribution in [0.4, 0.5) is 0 Å². The summed E-state index contributed by atoms with van der Waals surface area (Å²) in [7, 11) is 0.305. The molecular weight excluding hydrogens is 256 g/mol. The highest BCUT2D eigenvalue weighted by molar-refractivity contribution is 6.83. The van der Waals surface area contributed by atoms with Gasteiger partial charge in [0.25, 0.3) is 0 Å². The largest absolute Gasteiger partial charge is 0.468 e. The Morgan fingerprint density at radius 1 is 1.16 bits per heavy atom. The van der Waals surface area contributed by atoms with Gasteiger partial charge < -0.3 is 14.2 Å². The van der Waals surface area contributed by atoms with Crippen molar-refractivity contribution >= 4 is 8.07 Å². The van der Waals surface area contributed by atoms with Crippen LogP contribution in [0.15, 0.2) is 24.3 Å². The summed E-state index contributed by atoms with van der Waals surface area (Å²) in [6.45, 7) is 8.02. The standard InChI is InChI=1S/C15H22O3Si/c1-16-9-10-17-13-18-15-7-5-6-14(12-15)8-11-19(2,3)4/h5-7,12H,9-10,13H2,1-4H3. The third-order valence-corrected chi connectivity index (χ3v) is 3.03. The average molecular weight is 278 g/mol. The van der Waals surface area contributed by atoms with Crippen LogP contribution in [0, 0.1) is 11.5 Å². The van der Waals surface area contributed by atoms with Crippen LogP contribution in [-0.4, -0.2) is 35.2 Å². The Hall–Kier alpha value is -1.28. The van der Waals surface area contributed by atoms with Crippen molar-refractivity contribution in [2.75, 3.05) is 27.1 Å². The predicted molar refractivity (Wildman–Crippen MR) is 80.0 cm³/mol. The molecule has 0 aliphatic carbocycles. The first-order valence-electron chi connectivity index (χ1n) is 6.34. The number of ether oxygens (including phenoxy) is 3. The number of methoxy groups -OCH3 is 1. The van der Waals surface area contributed by atoms with Crippen molar-refractivity contribution in [3.05, 3.63) is 29.8 Å². The third kappa shape index (κ3) is 7.68. The molecule has 0 unspecified atom stereocenters. The zero-order valence-corrected chi connectivity index (χ0v) is 13.2. The maximum Gasteiger partial charge on any atom is 0.189 e. The van der Waals surface area contributed by atoms with Crippen LogP contribution in [0.3, 0.4) is 0 Å². The second-order valence-corrected chi connectivity index (χ2v) is 9.94. The predicted octanol–water partition coefficient (Wildman–Crippen LogP) is 2.91. The van der Waals surface area contributed by atoms with Crippen molar-refractivity contribution < 1.29 is 14.2 Å². The Morgan fingerprint density at radius 2 is 1.95 bits per heavy atom. The highest BCUT2D eigenvalue weighted by Crippen LogP contribution is 2.12. The first-order valence-corrected chi connectivity index (χ1v) is 9.84. The van der Waals surface area contributed by atoms with Crippen LogP contribution in [0.1, 0.15) is 5.56 Å². The van der Waals surface area contributed by atoms with Crippen LogP contribution in [0.2, 0.25) is 19.6 Å². The molecule has 0 spiro atoms. The van der Waals surface area contributed by atoms with Crippen molar-refractivity contribution in [3.8, 4) is 17.2 Å². The Morgan fingerprint density at radius 3 is 2.63 bits per heavy atom. The van der Waals surface area contributed by atoms with Crippen molar-refractivity contribution in [1.29, 1.82) is 0 Å². The number of benzene rings is 1. The monoisotopic (exact) mass is 278 g/mol. The lowest BCUT2D eigenvalue weighted by Crippen LogP contribution is -2.16. The lowest BCUT2D eigenvalue weighted by atomic mass is 10.2. The molecule has 104 valence electrons. The molecule has 0 aromatic heterocycles. The molecule has 19 heavy (non-hydrogen) atoms. The van der Waals surface area contributed by atoms with E-state index in [0.29, 0.717) is 13.2 Å². The summed E-state index contributed by atoms with van der Waals surface area (Å²) in [6.07, 6.45) is 0. The van der Waals surface area contributed by atoms with Crippen molar-refractivity contribution in [3.63, 3.8) is 0 Å². The zero-order chi connectivity index (χ0) is 14.1. The van der Waals surface area contributed by atoms with Crippen molar-refractivity contribution in [1.82, 2.24) is 0 Å². The molecule has 1 rings (SSSR count). The van der Waals surface area contributed by atoms with Gasteiger partial charge in [0.05, 0.1) is 13.2 Å². The van der Waals surface area contributed by atoms with Crippen LogP contribution in [0.25, 0.3) is 0 Å². The van der Waals surface area contributed by atoms with Gasteiger partial charge in [-0.15, -0.1) is 5.54 Å². The number of hydrogen-bond acceptors (Lipinski definition) is 3. The maximum atomic E-state index is 5.49. The van der Waals surface area contributed by atoms with E-state index in [-0.39, 0.29) is 6.79 Å². The van der Waals surface area contributed by atoms with Gasteiger partial charge in [-0.25, -0.2) is 0 Å². The smallest absolute Gasteiger partial charge is 0.189 e. The van der Waals surface area contributed by atoms with Gasteiger partial charge in [-0.1, -0.05) is 31.6 Å². The van der Waals surface area contributed by atoms with Gasteiger partial charge in [-0.3, -0.25) is 0 Å². The molecule has 0 fully saturated rings. The Balaban J connectivity index is 2.50. The fourth-order valence-corrected chi connectivity index (χ4v) is 1.75. The minimum atomic E-state index is -1.34. The van der Waals surface area contributed by atoms with Crippen LogP contribution in [0.5, 0.6) is 5.75 Å². The van der Waals surface area contributed by atoms with E-state index >= 15 is 0 Å². The minimum absolute atomic E-state index is 0.230. The van der Waals surface area contributed by atoms with E-state index < -0.39 is 8.07 Å². The van der Waals surface area contributed by atoms with E-state index in [1.165, 1.54) is 0 Å². The summed E-state index contributed by atoms with van der Waals surface area (Å²) in [5.41, 5.74) is 4.32. The first kappa shape index (κ1) is 15.8. The zero-order valence-electron chi connectivity index (χ0n) is 12.2. The van der Waals surface area contributed by atoms with E-state index in [9.17, 15) is 0 Å². The van der Waals surface area contributed by atoms with E-state index in [4.69, 9.17) is 14.2 Å². The molecule has 0 heterocycles. The lowest BCUT2D eigenvalue weighted by Gasteiger charge is -2.07. The third-order valence-electron chi connectivity index (χ3n) is 2.16. The summed E-state index contributed by atoms with van der Waals surface area (Å²) >= 11 is 0. The van der Waals surface area contributed by atoms with E-state index in [1.54, 1.807) is 7.11 Å². The van der Waals surface area contributed by atoms with Gasteiger partial charge in [0.1, 0.15) is 13.8 Å². The summed E-state index contributed by atoms with van der Waals surface area (Å²) < 4.78 is 15.6. The SMILES string of the molecule is COCCOCOc1cccc(C#C[Si](C)(C)C)c1. The average Bonchev–Trinajstić information content (AvgIpc) is 2.36. The fraction of sp³-hybridized carbons (Fsp3) is 0.467. The summed E-state index contributed by atoms with van der Waals surface area (Å²) in [5, 5.41) is 0. The molecule has 0 amide bonds. The molecule has 0 saturated carbocycles. The van der Waals surface area contributed by atoms with Gasteiger partial charge in [0.2, 0.25) is 0 Å². The van der Waals surface area contributed by atoms with E-state index in [0.717, 1.165) is 11.3 Å². The van der Waals surface area contributed by atoms with Gasteiger partial charge in [0.15, 0.2) is 6.79 Å². The first-order chi connectivity index (χ1) is 9.01. The Labute approximate surface area is 116 Å². The molecule has 0 aliphatic rings. The minimum Gasteiger partial charge on any atom is -0.468 e. The van der Waals surface area contributed by atoms with Crippen LogP contribution in [-0.2, 0) is 9.47 Å². The molecule has 1 aromatic carbocycles. The molecule has 0 aliphatic heterocycles. The molecule has 4 heteroatoms. The molecular formula is C15H22O3Si. The summed E-state index contributed by atoms with van der Waals surface area (Å²) in [5.74, 6) is 3.98. The summed E-state index contributed by atoms with van der Waals surface area (Å²) in [6, 6.07) is 7.77. The van der Waals surface area contributed by atoms with Crippen LogP contribution < -0.4 is 4.74 Å². The molecule has 1 aromatic rings. The highest BCUT2D eigenvalue weighted by atomic mass is 28.3. The molecule has 0 bridgehead atoms. The van der Waals surface area contributed by atoms with E-state index in [1.807, 2.05) is 24.3 Å². The van der Waals surface area contributed by atoms with Gasteiger partial charge >= 0.3 is 0 Å². The lowest BCUT2D eigenvalue weighted by molar-refractivity contribution is -0.00847. The van der Waals surface area contributed by atoms with Gasteiger partial charge in [-0.2, -0.15) is 0 Å². The van der Waals surface area contributed by atoms with Crippen molar-refractivity contribution in [2.45, 2.75) is 19.6 Å². The Kier molecular flexibility index (Phi) is 6.64. The molecule has 0 saturated heterocycles. The van der Waals surface area contributed by atoms with E-state index in [2.05, 4.69) is 31.1 Å². The normalized spacial score (nSPS) is 10.7. The van der Waals surface area contributed by atoms with Crippen molar-refractivity contribution in [2.24, 2.45) is 0 Å². The fourth-order valence-electron chi connectivity index (χ4n) is 1.23. The maximum absolute atomic E-state index is 5.49. The van der Waals surface area contributed by atoms with Gasteiger partial charge in [-0.05, 0) is 18.2 Å². The molecule has 0 N–H and O–H groups in total.